The van der Waals surface area contributed by atoms with E-state index in [4.69, 9.17) is 11.0 Å². The van der Waals surface area contributed by atoms with Gasteiger partial charge in [0, 0.05) is 6.04 Å². The highest BCUT2D eigenvalue weighted by Gasteiger charge is 1.98. The van der Waals surface area contributed by atoms with Gasteiger partial charge in [-0.25, -0.2) is 0 Å². The number of hydrogen-bond donors (Lipinski definition) is 1. The second kappa shape index (κ2) is 3.89. The summed E-state index contributed by atoms with van der Waals surface area (Å²) in [4.78, 5) is 0. The lowest BCUT2D eigenvalue weighted by Crippen LogP contribution is -2.17. The molecule has 1 atom stereocenters. The van der Waals surface area contributed by atoms with Crippen LogP contribution >= 0.6 is 0 Å². The van der Waals surface area contributed by atoms with E-state index in [1.165, 1.54) is 0 Å². The Labute approximate surface area is 72.6 Å². The van der Waals surface area contributed by atoms with Gasteiger partial charge in [0.2, 0.25) is 0 Å². The van der Waals surface area contributed by atoms with Crippen LogP contribution in [0.1, 0.15) is 18.1 Å². The quantitative estimate of drug-likeness (QED) is 0.711. The van der Waals surface area contributed by atoms with Crippen molar-refractivity contribution < 1.29 is 0 Å². The Morgan fingerprint density at radius 2 is 2.33 bits per heavy atom. The Morgan fingerprint density at radius 1 is 1.58 bits per heavy atom. The fourth-order valence-corrected chi connectivity index (χ4v) is 1.14. The molecule has 0 amide bonds. The van der Waals surface area contributed by atoms with E-state index in [0.29, 0.717) is 5.56 Å². The lowest BCUT2D eigenvalue weighted by molar-refractivity contribution is 0.738. The van der Waals surface area contributed by atoms with Gasteiger partial charge >= 0.3 is 0 Å². The van der Waals surface area contributed by atoms with Crippen molar-refractivity contribution in [3.8, 4) is 6.07 Å². The van der Waals surface area contributed by atoms with Crippen molar-refractivity contribution >= 4 is 0 Å². The van der Waals surface area contributed by atoms with Gasteiger partial charge in [-0.2, -0.15) is 5.26 Å². The van der Waals surface area contributed by atoms with Crippen LogP contribution in [0, 0.1) is 11.3 Å². The average molecular weight is 160 g/mol. The van der Waals surface area contributed by atoms with Gasteiger partial charge in [0.15, 0.2) is 0 Å². The first kappa shape index (κ1) is 8.76. The minimum absolute atomic E-state index is 0.152. The molecule has 0 bridgehead atoms. The maximum Gasteiger partial charge on any atom is 0.0991 e. The van der Waals surface area contributed by atoms with Crippen LogP contribution in [0.4, 0.5) is 0 Å². The summed E-state index contributed by atoms with van der Waals surface area (Å²) in [5.41, 5.74) is 7.46. The van der Waals surface area contributed by atoms with Gasteiger partial charge in [-0.05, 0) is 31.0 Å². The number of rotatable bonds is 2. The number of benzene rings is 1. The lowest BCUT2D eigenvalue weighted by atomic mass is 10.1. The molecule has 0 saturated heterocycles. The van der Waals surface area contributed by atoms with Crippen LogP contribution in [0.2, 0.25) is 0 Å². The summed E-state index contributed by atoms with van der Waals surface area (Å²) >= 11 is 0. The van der Waals surface area contributed by atoms with Crippen molar-refractivity contribution in [1.82, 2.24) is 0 Å². The van der Waals surface area contributed by atoms with Crippen LogP contribution < -0.4 is 5.73 Å². The SMILES string of the molecule is C[C@@H](N)Cc1cccc(C#N)c1. The summed E-state index contributed by atoms with van der Waals surface area (Å²) in [7, 11) is 0. The van der Waals surface area contributed by atoms with Crippen molar-refractivity contribution in [1.29, 1.82) is 5.26 Å². The molecule has 2 heteroatoms. The zero-order valence-corrected chi connectivity index (χ0v) is 7.12. The average Bonchev–Trinajstić information content (AvgIpc) is 2.03. The van der Waals surface area contributed by atoms with Crippen molar-refractivity contribution in [2.24, 2.45) is 5.73 Å². The highest BCUT2D eigenvalue weighted by molar-refractivity contribution is 5.32. The highest BCUT2D eigenvalue weighted by atomic mass is 14.6. The molecule has 2 nitrogen and oxygen atoms in total. The van der Waals surface area contributed by atoms with Crippen molar-refractivity contribution in [2.45, 2.75) is 19.4 Å². The fraction of sp³-hybridized carbons (Fsp3) is 0.300. The van der Waals surface area contributed by atoms with E-state index in [1.54, 1.807) is 6.07 Å². The normalized spacial score (nSPS) is 12.1. The molecule has 0 saturated carbocycles. The lowest BCUT2D eigenvalue weighted by Gasteiger charge is -2.04. The first-order valence-electron chi connectivity index (χ1n) is 3.97. The third kappa shape index (κ3) is 2.37. The molecule has 0 unspecified atom stereocenters. The Hall–Kier alpha value is -1.33. The second-order valence-corrected chi connectivity index (χ2v) is 2.99. The van der Waals surface area contributed by atoms with E-state index in [-0.39, 0.29) is 6.04 Å². The van der Waals surface area contributed by atoms with Crippen LogP contribution in [0.15, 0.2) is 24.3 Å². The maximum atomic E-state index is 8.61. The molecule has 0 aliphatic rings. The first-order valence-corrected chi connectivity index (χ1v) is 3.97. The Kier molecular flexibility index (Phi) is 2.84. The molecule has 1 aromatic rings. The molecule has 0 spiro atoms. The molecular weight excluding hydrogens is 148 g/mol. The van der Waals surface area contributed by atoms with Gasteiger partial charge in [-0.15, -0.1) is 0 Å². The van der Waals surface area contributed by atoms with E-state index >= 15 is 0 Å². The minimum Gasteiger partial charge on any atom is -0.328 e. The summed E-state index contributed by atoms with van der Waals surface area (Å²) < 4.78 is 0. The van der Waals surface area contributed by atoms with Crippen LogP contribution in [-0.2, 0) is 6.42 Å². The predicted octanol–water partition coefficient (Wildman–Crippen LogP) is 1.45. The van der Waals surface area contributed by atoms with Crippen molar-refractivity contribution in [2.75, 3.05) is 0 Å². The van der Waals surface area contributed by atoms with E-state index in [2.05, 4.69) is 6.07 Å². The van der Waals surface area contributed by atoms with E-state index in [9.17, 15) is 0 Å². The zero-order chi connectivity index (χ0) is 8.97. The van der Waals surface area contributed by atoms with Gasteiger partial charge in [0.05, 0.1) is 11.6 Å². The molecule has 0 aliphatic heterocycles. The largest absolute Gasteiger partial charge is 0.328 e. The maximum absolute atomic E-state index is 8.61. The summed E-state index contributed by atoms with van der Waals surface area (Å²) in [5.74, 6) is 0. The molecule has 62 valence electrons. The number of hydrogen-bond acceptors (Lipinski definition) is 2. The molecule has 12 heavy (non-hydrogen) atoms. The molecular formula is C10H12N2. The predicted molar refractivity (Wildman–Crippen MR) is 48.5 cm³/mol. The van der Waals surface area contributed by atoms with E-state index in [0.717, 1.165) is 12.0 Å². The Balaban J connectivity index is 2.81. The van der Waals surface area contributed by atoms with Crippen LogP contribution in [0.5, 0.6) is 0 Å². The Morgan fingerprint density at radius 3 is 2.92 bits per heavy atom. The van der Waals surface area contributed by atoms with Gasteiger partial charge in [0.25, 0.3) is 0 Å². The van der Waals surface area contributed by atoms with Gasteiger partial charge < -0.3 is 5.73 Å². The molecule has 2 N–H and O–H groups in total. The van der Waals surface area contributed by atoms with Crippen molar-refractivity contribution in [3.05, 3.63) is 35.4 Å². The number of nitriles is 1. The molecule has 0 heterocycles. The monoisotopic (exact) mass is 160 g/mol. The smallest absolute Gasteiger partial charge is 0.0991 e. The van der Waals surface area contributed by atoms with E-state index < -0.39 is 0 Å². The third-order valence-electron chi connectivity index (χ3n) is 1.61. The summed E-state index contributed by atoms with van der Waals surface area (Å²) in [5, 5.41) is 8.61. The molecule has 0 fully saturated rings. The van der Waals surface area contributed by atoms with Gasteiger partial charge in [0.1, 0.15) is 0 Å². The summed E-state index contributed by atoms with van der Waals surface area (Å²) in [6.07, 6.45) is 0.829. The molecule has 0 radical (unpaired) electrons. The topological polar surface area (TPSA) is 49.8 Å². The van der Waals surface area contributed by atoms with E-state index in [1.807, 2.05) is 25.1 Å². The number of nitrogens with two attached hydrogens (primary N) is 1. The second-order valence-electron chi connectivity index (χ2n) is 2.99. The molecule has 1 rings (SSSR count). The fourth-order valence-electron chi connectivity index (χ4n) is 1.14. The third-order valence-corrected chi connectivity index (χ3v) is 1.61. The van der Waals surface area contributed by atoms with Crippen molar-refractivity contribution in [3.63, 3.8) is 0 Å². The molecule has 1 aromatic carbocycles. The number of nitrogens with zero attached hydrogens (tertiary/aromatic N) is 1. The summed E-state index contributed by atoms with van der Waals surface area (Å²) in [6, 6.07) is 9.80. The minimum atomic E-state index is 0.152. The molecule has 0 aliphatic carbocycles. The first-order chi connectivity index (χ1) is 5.72. The standard InChI is InChI=1S/C10H12N2/c1-8(12)5-9-3-2-4-10(6-9)7-11/h2-4,6,8H,5,12H2,1H3/t8-/m1/s1. The highest BCUT2D eigenvalue weighted by Crippen LogP contribution is 2.05. The van der Waals surface area contributed by atoms with Crippen LogP contribution in [0.3, 0.4) is 0 Å². The molecule has 0 aromatic heterocycles. The summed E-state index contributed by atoms with van der Waals surface area (Å²) in [6.45, 7) is 1.96. The van der Waals surface area contributed by atoms with Crippen LogP contribution in [-0.4, -0.2) is 6.04 Å². The van der Waals surface area contributed by atoms with Gasteiger partial charge in [-0.3, -0.25) is 0 Å². The van der Waals surface area contributed by atoms with Gasteiger partial charge in [-0.1, -0.05) is 12.1 Å². The van der Waals surface area contributed by atoms with Crippen LogP contribution in [0.25, 0.3) is 0 Å². The Bertz CT molecular complexity index is 297. The zero-order valence-electron chi connectivity index (χ0n) is 7.12.